The minimum absolute atomic E-state index is 0.505. The Morgan fingerprint density at radius 2 is 2.20 bits per heavy atom. The molecular weight excluding hydrogens is 252 g/mol. The zero-order valence-electron chi connectivity index (χ0n) is 12.3. The summed E-state index contributed by atoms with van der Waals surface area (Å²) in [4.78, 5) is 2.32. The lowest BCUT2D eigenvalue weighted by Gasteiger charge is -2.36. The normalized spacial score (nSPS) is 23.8. The first-order valence-corrected chi connectivity index (χ1v) is 7.46. The van der Waals surface area contributed by atoms with E-state index in [1.54, 1.807) is 0 Å². The Labute approximate surface area is 121 Å². The summed E-state index contributed by atoms with van der Waals surface area (Å²) in [5, 5.41) is 10.1. The molecule has 1 aromatic rings. The maximum absolute atomic E-state index is 10.1. The Morgan fingerprint density at radius 1 is 1.40 bits per heavy atom. The zero-order valence-corrected chi connectivity index (χ0v) is 12.3. The number of hydrogen-bond donors (Lipinski definition) is 2. The van der Waals surface area contributed by atoms with Gasteiger partial charge in [-0.15, -0.1) is 0 Å². The number of ether oxygens (including phenoxy) is 1. The van der Waals surface area contributed by atoms with Gasteiger partial charge in [-0.25, -0.2) is 0 Å². The van der Waals surface area contributed by atoms with Crippen LogP contribution in [0, 0.1) is 0 Å². The summed E-state index contributed by atoms with van der Waals surface area (Å²) in [6, 6.07) is 7.91. The Kier molecular flexibility index (Phi) is 5.40. The molecule has 0 radical (unpaired) electrons. The molecule has 1 aromatic carbocycles. The molecule has 1 aliphatic rings. The summed E-state index contributed by atoms with van der Waals surface area (Å²) in [7, 11) is 0. The molecule has 1 unspecified atom stereocenters. The molecule has 2 rings (SSSR count). The third-order valence-electron chi connectivity index (χ3n) is 3.82. The molecule has 112 valence electrons. The first-order valence-electron chi connectivity index (χ1n) is 7.46. The number of nitrogens with two attached hydrogens (primary N) is 1. The number of β-amino-alcohol motifs (C(OH)–C–C–N with tert-alkyl or cyclic N) is 1. The molecule has 1 atom stereocenters. The minimum atomic E-state index is -0.523. The van der Waals surface area contributed by atoms with Crippen molar-refractivity contribution in [3.63, 3.8) is 0 Å². The molecule has 1 heterocycles. The van der Waals surface area contributed by atoms with Crippen LogP contribution < -0.4 is 10.5 Å². The molecular formula is C16H26N2O2. The highest BCUT2D eigenvalue weighted by Gasteiger charge is 2.27. The van der Waals surface area contributed by atoms with Gasteiger partial charge in [-0.2, -0.15) is 0 Å². The molecule has 0 saturated carbocycles. The second kappa shape index (κ2) is 7.07. The van der Waals surface area contributed by atoms with Gasteiger partial charge >= 0.3 is 0 Å². The average molecular weight is 278 g/mol. The predicted octanol–water partition coefficient (Wildman–Crippen LogP) is 1.76. The summed E-state index contributed by atoms with van der Waals surface area (Å²) in [5.74, 6) is 0.889. The number of likely N-dealkylation sites (tertiary alicyclic amines) is 1. The number of hydrogen-bond acceptors (Lipinski definition) is 4. The quantitative estimate of drug-likeness (QED) is 0.779. The minimum Gasteiger partial charge on any atom is -0.493 e. The van der Waals surface area contributed by atoms with E-state index in [1.807, 2.05) is 31.2 Å². The van der Waals surface area contributed by atoms with E-state index in [4.69, 9.17) is 10.5 Å². The molecule has 0 bridgehead atoms. The van der Waals surface area contributed by atoms with Crippen LogP contribution in [0.5, 0.6) is 5.75 Å². The highest BCUT2D eigenvalue weighted by atomic mass is 16.5. The first kappa shape index (κ1) is 15.3. The molecule has 1 saturated heterocycles. The molecule has 1 aliphatic heterocycles. The first-order chi connectivity index (χ1) is 9.61. The van der Waals surface area contributed by atoms with Crippen molar-refractivity contribution in [2.24, 2.45) is 5.73 Å². The molecule has 0 aliphatic carbocycles. The van der Waals surface area contributed by atoms with Gasteiger partial charge in [0.25, 0.3) is 0 Å². The highest BCUT2D eigenvalue weighted by Crippen LogP contribution is 2.20. The van der Waals surface area contributed by atoms with Crippen LogP contribution in [-0.2, 0) is 6.54 Å². The zero-order chi connectivity index (χ0) is 14.4. The van der Waals surface area contributed by atoms with Gasteiger partial charge in [0.2, 0.25) is 0 Å². The molecule has 1 fully saturated rings. The maximum atomic E-state index is 10.1. The molecule has 3 N–H and O–H groups in total. The van der Waals surface area contributed by atoms with Gasteiger partial charge in [-0.1, -0.05) is 18.2 Å². The summed E-state index contributed by atoms with van der Waals surface area (Å²) in [6.07, 6.45) is 2.95. The van der Waals surface area contributed by atoms with Crippen LogP contribution in [0.3, 0.4) is 0 Å². The number of aliphatic hydroxyl groups is 1. The van der Waals surface area contributed by atoms with Crippen molar-refractivity contribution in [3.8, 4) is 5.75 Å². The van der Waals surface area contributed by atoms with Crippen LogP contribution in [-0.4, -0.2) is 41.8 Å². The van der Waals surface area contributed by atoms with Crippen molar-refractivity contribution in [2.45, 2.75) is 38.3 Å². The lowest BCUT2D eigenvalue weighted by Crippen LogP contribution is -2.46. The van der Waals surface area contributed by atoms with E-state index in [2.05, 4.69) is 4.90 Å². The van der Waals surface area contributed by atoms with Gasteiger partial charge in [-0.3, -0.25) is 0 Å². The van der Waals surface area contributed by atoms with E-state index >= 15 is 0 Å². The van der Waals surface area contributed by atoms with Crippen molar-refractivity contribution in [3.05, 3.63) is 29.8 Å². The predicted molar refractivity (Wildman–Crippen MR) is 80.7 cm³/mol. The summed E-state index contributed by atoms with van der Waals surface area (Å²) < 4.78 is 5.80. The van der Waals surface area contributed by atoms with Crippen molar-refractivity contribution in [2.75, 3.05) is 26.2 Å². The van der Waals surface area contributed by atoms with Gasteiger partial charge in [0, 0.05) is 25.2 Å². The Balaban J connectivity index is 1.71. The lowest BCUT2D eigenvalue weighted by molar-refractivity contribution is -0.0165. The van der Waals surface area contributed by atoms with Crippen LogP contribution in [0.1, 0.15) is 31.7 Å². The highest BCUT2D eigenvalue weighted by molar-refractivity contribution is 5.32. The molecule has 0 amide bonds. The fourth-order valence-electron chi connectivity index (χ4n) is 2.80. The Bertz CT molecular complexity index is 421. The van der Waals surface area contributed by atoms with E-state index < -0.39 is 5.60 Å². The fraction of sp³-hybridized carbons (Fsp3) is 0.625. The van der Waals surface area contributed by atoms with Crippen molar-refractivity contribution >= 4 is 0 Å². The maximum Gasteiger partial charge on any atom is 0.123 e. The average Bonchev–Trinajstić information content (AvgIpc) is 2.43. The van der Waals surface area contributed by atoms with Gasteiger partial charge in [0.15, 0.2) is 0 Å². The third-order valence-corrected chi connectivity index (χ3v) is 3.82. The van der Waals surface area contributed by atoms with Gasteiger partial charge in [0.05, 0.1) is 12.2 Å². The molecule has 20 heavy (non-hydrogen) atoms. The number of benzene rings is 1. The molecule has 4 nitrogen and oxygen atoms in total. The monoisotopic (exact) mass is 278 g/mol. The van der Waals surface area contributed by atoms with Crippen LogP contribution in [0.15, 0.2) is 24.3 Å². The summed E-state index contributed by atoms with van der Waals surface area (Å²) >= 11 is 0. The van der Waals surface area contributed by atoms with Crippen molar-refractivity contribution in [1.29, 1.82) is 0 Å². The topological polar surface area (TPSA) is 58.7 Å². The van der Waals surface area contributed by atoms with Crippen LogP contribution in [0.4, 0.5) is 0 Å². The van der Waals surface area contributed by atoms with E-state index in [0.717, 1.165) is 50.2 Å². The van der Waals surface area contributed by atoms with E-state index in [-0.39, 0.29) is 0 Å². The summed E-state index contributed by atoms with van der Waals surface area (Å²) in [6.45, 7) is 5.94. The molecule has 0 spiro atoms. The van der Waals surface area contributed by atoms with Crippen molar-refractivity contribution in [1.82, 2.24) is 4.90 Å². The SMILES string of the molecule is CC1(O)CCCN(CCCOc2ccccc2CN)C1. The Hall–Kier alpha value is -1.10. The van der Waals surface area contributed by atoms with Gasteiger partial charge in [0.1, 0.15) is 5.75 Å². The fourth-order valence-corrected chi connectivity index (χ4v) is 2.80. The standard InChI is InChI=1S/C16H26N2O2/c1-16(19)8-4-9-18(13-16)10-5-11-20-15-7-3-2-6-14(15)12-17/h2-3,6-7,19H,4-5,8-13,17H2,1H3. The van der Waals surface area contributed by atoms with Crippen molar-refractivity contribution < 1.29 is 9.84 Å². The van der Waals surface area contributed by atoms with Gasteiger partial charge < -0.3 is 20.5 Å². The smallest absolute Gasteiger partial charge is 0.123 e. The number of nitrogens with zero attached hydrogens (tertiary/aromatic N) is 1. The third kappa shape index (κ3) is 4.47. The van der Waals surface area contributed by atoms with E-state index in [1.165, 1.54) is 0 Å². The molecule has 4 heteroatoms. The lowest BCUT2D eigenvalue weighted by atomic mass is 9.95. The van der Waals surface area contributed by atoms with Gasteiger partial charge in [-0.05, 0) is 38.8 Å². The number of rotatable bonds is 6. The largest absolute Gasteiger partial charge is 0.493 e. The number of para-hydroxylation sites is 1. The van der Waals surface area contributed by atoms with E-state index in [9.17, 15) is 5.11 Å². The summed E-state index contributed by atoms with van der Waals surface area (Å²) in [5.41, 5.74) is 6.21. The number of piperidine rings is 1. The van der Waals surface area contributed by atoms with E-state index in [0.29, 0.717) is 13.2 Å². The second-order valence-corrected chi connectivity index (χ2v) is 5.89. The Morgan fingerprint density at radius 3 is 2.95 bits per heavy atom. The van der Waals surface area contributed by atoms with Crippen LogP contribution >= 0.6 is 0 Å². The second-order valence-electron chi connectivity index (χ2n) is 5.89. The molecule has 0 aromatic heterocycles. The van der Waals surface area contributed by atoms with Crippen LogP contribution in [0.25, 0.3) is 0 Å². The van der Waals surface area contributed by atoms with Crippen LogP contribution in [0.2, 0.25) is 0 Å².